The molecule has 124 valence electrons. The van der Waals surface area contributed by atoms with Gasteiger partial charge in [-0.1, -0.05) is 39.0 Å². The van der Waals surface area contributed by atoms with Crippen LogP contribution >= 0.6 is 0 Å². The average molecular weight is 300 g/mol. The van der Waals surface area contributed by atoms with Crippen molar-refractivity contribution >= 4 is 6.03 Å². The number of aliphatic hydroxyl groups is 1. The molecule has 0 aromatic carbocycles. The van der Waals surface area contributed by atoms with E-state index in [-0.39, 0.29) is 12.1 Å². The van der Waals surface area contributed by atoms with Crippen molar-refractivity contribution in [3.8, 4) is 0 Å². The van der Waals surface area contributed by atoms with E-state index in [0.29, 0.717) is 25.5 Å². The van der Waals surface area contributed by atoms with Gasteiger partial charge in [-0.15, -0.1) is 0 Å². The lowest BCUT2D eigenvalue weighted by Gasteiger charge is -2.32. The first kappa shape index (κ1) is 18.2. The molecule has 2 amide bonds. The molecule has 0 aromatic heterocycles. The summed E-state index contributed by atoms with van der Waals surface area (Å²) in [6.07, 6.45) is 6.57. The fraction of sp³-hybridized carbons (Fsp3) is 0.938. The maximum absolute atomic E-state index is 11.8. The number of carbonyl (C=O) groups excluding carboxylic acids is 1. The quantitative estimate of drug-likeness (QED) is 0.644. The molecule has 1 aliphatic rings. The Morgan fingerprint density at radius 1 is 1.29 bits per heavy atom. The van der Waals surface area contributed by atoms with Crippen LogP contribution in [0, 0.1) is 11.8 Å². The lowest BCUT2D eigenvalue weighted by molar-refractivity contribution is 0.0598. The number of amides is 2. The van der Waals surface area contributed by atoms with Gasteiger partial charge in [-0.3, -0.25) is 0 Å². The Bertz CT molecular complexity index is 293. The molecule has 0 heterocycles. The first-order valence-electron chi connectivity index (χ1n) is 8.26. The monoisotopic (exact) mass is 300 g/mol. The summed E-state index contributed by atoms with van der Waals surface area (Å²) < 4.78 is 4.85. The zero-order valence-corrected chi connectivity index (χ0v) is 13.7. The van der Waals surface area contributed by atoms with E-state index in [4.69, 9.17) is 4.74 Å². The predicted octanol–water partition coefficient (Wildman–Crippen LogP) is 2.29. The second-order valence-electron chi connectivity index (χ2n) is 6.34. The molecular weight excluding hydrogens is 268 g/mol. The zero-order chi connectivity index (χ0) is 15.7. The topological polar surface area (TPSA) is 70.6 Å². The Labute approximate surface area is 128 Å². The van der Waals surface area contributed by atoms with Gasteiger partial charge in [-0.05, 0) is 25.2 Å². The summed E-state index contributed by atoms with van der Waals surface area (Å²) in [6.45, 7) is 5.08. The van der Waals surface area contributed by atoms with Gasteiger partial charge in [0, 0.05) is 19.7 Å². The van der Waals surface area contributed by atoms with Crippen LogP contribution < -0.4 is 10.6 Å². The summed E-state index contributed by atoms with van der Waals surface area (Å²) in [4.78, 5) is 11.8. The van der Waals surface area contributed by atoms with Crippen LogP contribution in [0.3, 0.4) is 0 Å². The van der Waals surface area contributed by atoms with Gasteiger partial charge >= 0.3 is 6.03 Å². The summed E-state index contributed by atoms with van der Waals surface area (Å²) >= 11 is 0. The highest BCUT2D eigenvalue weighted by Crippen LogP contribution is 2.31. The summed E-state index contributed by atoms with van der Waals surface area (Å²) in [5.74, 6) is 1.24. The molecule has 3 atom stereocenters. The van der Waals surface area contributed by atoms with Crippen molar-refractivity contribution in [1.29, 1.82) is 0 Å². The number of carbonyl (C=O) groups is 1. The van der Waals surface area contributed by atoms with Gasteiger partial charge in [0.15, 0.2) is 0 Å². The molecule has 0 aliphatic heterocycles. The van der Waals surface area contributed by atoms with Crippen LogP contribution in [-0.4, -0.2) is 43.5 Å². The summed E-state index contributed by atoms with van der Waals surface area (Å²) in [7, 11) is 1.55. The van der Waals surface area contributed by atoms with Crippen molar-refractivity contribution in [2.24, 2.45) is 11.8 Å². The molecule has 0 aromatic rings. The van der Waals surface area contributed by atoms with E-state index in [1.807, 2.05) is 0 Å². The number of hydrogen-bond donors (Lipinski definition) is 3. The maximum atomic E-state index is 11.8. The molecule has 1 fully saturated rings. The second-order valence-corrected chi connectivity index (χ2v) is 6.34. The van der Waals surface area contributed by atoms with Crippen LogP contribution in [0.4, 0.5) is 4.79 Å². The van der Waals surface area contributed by atoms with Gasteiger partial charge < -0.3 is 20.5 Å². The Morgan fingerprint density at radius 3 is 2.57 bits per heavy atom. The standard InChI is InChI=1S/C16H32N2O3/c1-12(14-7-5-4-6-8-14)13(2)18-16(20)17-10-9-15(19)11-21-3/h12-15,19H,4-11H2,1-3H3,(H2,17,18,20). The van der Waals surface area contributed by atoms with Crippen LogP contribution in [0.5, 0.6) is 0 Å². The zero-order valence-electron chi connectivity index (χ0n) is 13.7. The smallest absolute Gasteiger partial charge is 0.315 e. The number of methoxy groups -OCH3 is 1. The first-order valence-corrected chi connectivity index (χ1v) is 8.26. The number of hydrogen-bond acceptors (Lipinski definition) is 3. The molecule has 1 rings (SSSR count). The van der Waals surface area contributed by atoms with E-state index in [9.17, 15) is 9.90 Å². The van der Waals surface area contributed by atoms with Gasteiger partial charge in [0.25, 0.3) is 0 Å². The largest absolute Gasteiger partial charge is 0.391 e. The van der Waals surface area contributed by atoms with Crippen molar-refractivity contribution in [3.63, 3.8) is 0 Å². The Morgan fingerprint density at radius 2 is 1.95 bits per heavy atom. The highest BCUT2D eigenvalue weighted by atomic mass is 16.5. The normalized spacial score (nSPS) is 20.6. The summed E-state index contributed by atoms with van der Waals surface area (Å²) in [6, 6.07) is 0.0341. The molecular formula is C16H32N2O3. The minimum atomic E-state index is -0.520. The van der Waals surface area contributed by atoms with E-state index >= 15 is 0 Å². The molecule has 5 nitrogen and oxygen atoms in total. The Balaban J connectivity index is 2.20. The minimum Gasteiger partial charge on any atom is -0.391 e. The molecule has 0 radical (unpaired) electrons. The average Bonchev–Trinajstić information content (AvgIpc) is 2.47. The fourth-order valence-electron chi connectivity index (χ4n) is 3.09. The third kappa shape index (κ3) is 7.14. The number of nitrogens with one attached hydrogen (secondary N) is 2. The molecule has 1 saturated carbocycles. The fourth-order valence-corrected chi connectivity index (χ4v) is 3.09. The number of aliphatic hydroxyl groups excluding tert-OH is 1. The number of urea groups is 1. The summed E-state index contributed by atoms with van der Waals surface area (Å²) in [5.41, 5.74) is 0. The molecule has 21 heavy (non-hydrogen) atoms. The van der Waals surface area contributed by atoms with Crippen LogP contribution in [-0.2, 0) is 4.74 Å². The SMILES string of the molecule is COCC(O)CCNC(=O)NC(C)C(C)C1CCCCC1. The van der Waals surface area contributed by atoms with Crippen molar-refractivity contribution in [2.45, 2.75) is 64.5 Å². The van der Waals surface area contributed by atoms with E-state index in [0.717, 1.165) is 5.92 Å². The molecule has 5 heteroatoms. The van der Waals surface area contributed by atoms with Crippen molar-refractivity contribution in [3.05, 3.63) is 0 Å². The second kappa shape index (κ2) is 10.0. The van der Waals surface area contributed by atoms with Gasteiger partial charge in [-0.2, -0.15) is 0 Å². The Kier molecular flexibility index (Phi) is 8.69. The lowest BCUT2D eigenvalue weighted by Crippen LogP contribution is -2.45. The van der Waals surface area contributed by atoms with Crippen LogP contribution in [0.25, 0.3) is 0 Å². The third-order valence-corrected chi connectivity index (χ3v) is 4.66. The first-order chi connectivity index (χ1) is 10.0. The number of rotatable bonds is 8. The van der Waals surface area contributed by atoms with Crippen LogP contribution in [0.2, 0.25) is 0 Å². The van der Waals surface area contributed by atoms with E-state index in [1.165, 1.54) is 32.1 Å². The molecule has 3 unspecified atom stereocenters. The predicted molar refractivity (Wildman–Crippen MR) is 84.2 cm³/mol. The van der Waals surface area contributed by atoms with Gasteiger partial charge in [-0.25, -0.2) is 4.79 Å². The van der Waals surface area contributed by atoms with Crippen molar-refractivity contribution in [1.82, 2.24) is 10.6 Å². The van der Waals surface area contributed by atoms with Crippen molar-refractivity contribution in [2.75, 3.05) is 20.3 Å². The van der Waals surface area contributed by atoms with Gasteiger partial charge in [0.05, 0.1) is 12.7 Å². The molecule has 0 bridgehead atoms. The third-order valence-electron chi connectivity index (χ3n) is 4.66. The summed E-state index contributed by atoms with van der Waals surface area (Å²) in [5, 5.41) is 15.3. The molecule has 0 spiro atoms. The highest BCUT2D eigenvalue weighted by molar-refractivity contribution is 5.74. The van der Waals surface area contributed by atoms with Gasteiger partial charge in [0.2, 0.25) is 0 Å². The maximum Gasteiger partial charge on any atom is 0.315 e. The highest BCUT2D eigenvalue weighted by Gasteiger charge is 2.25. The Hall–Kier alpha value is -0.810. The van der Waals surface area contributed by atoms with E-state index in [1.54, 1.807) is 7.11 Å². The van der Waals surface area contributed by atoms with Crippen molar-refractivity contribution < 1.29 is 14.6 Å². The van der Waals surface area contributed by atoms with Gasteiger partial charge in [0.1, 0.15) is 0 Å². The molecule has 1 aliphatic carbocycles. The molecule has 3 N–H and O–H groups in total. The number of ether oxygens (including phenoxy) is 1. The van der Waals surface area contributed by atoms with E-state index in [2.05, 4.69) is 24.5 Å². The molecule has 0 saturated heterocycles. The van der Waals surface area contributed by atoms with E-state index < -0.39 is 6.10 Å². The lowest BCUT2D eigenvalue weighted by atomic mass is 9.78. The minimum absolute atomic E-state index is 0.144. The van der Waals surface area contributed by atoms with Crippen LogP contribution in [0.1, 0.15) is 52.4 Å². The van der Waals surface area contributed by atoms with Crippen LogP contribution in [0.15, 0.2) is 0 Å².